The minimum atomic E-state index is -3.41. The van der Waals surface area contributed by atoms with Crippen LogP contribution in [-0.2, 0) is 16.4 Å². The van der Waals surface area contributed by atoms with Crippen molar-refractivity contribution >= 4 is 43.8 Å². The molecule has 0 saturated heterocycles. The smallest absolute Gasteiger partial charge is 0.182 e. The van der Waals surface area contributed by atoms with E-state index in [1.54, 1.807) is 18.0 Å². The largest absolute Gasteiger partial charge is 0.382 e. The Morgan fingerprint density at radius 1 is 1.45 bits per heavy atom. The van der Waals surface area contributed by atoms with Crippen LogP contribution in [0.15, 0.2) is 29.2 Å². The molecule has 0 bridgehead atoms. The lowest BCUT2D eigenvalue weighted by atomic mass is 10.2. The van der Waals surface area contributed by atoms with Crippen molar-refractivity contribution in [2.45, 2.75) is 11.4 Å². The lowest BCUT2D eigenvalue weighted by Crippen LogP contribution is -2.17. The second kappa shape index (κ2) is 5.59. The molecule has 1 heterocycles. The van der Waals surface area contributed by atoms with E-state index < -0.39 is 9.84 Å². The molecule has 0 unspecified atom stereocenters. The fraction of sp³-hybridized carbons (Fsp3) is 0.250. The number of aromatic nitrogens is 1. The second-order valence-electron chi connectivity index (χ2n) is 4.46. The van der Waals surface area contributed by atoms with Gasteiger partial charge in [-0.3, -0.25) is 0 Å². The Labute approximate surface area is 127 Å². The molecule has 0 aliphatic rings. The zero-order valence-electron chi connectivity index (χ0n) is 11.0. The number of hydrogen-bond donors (Lipinski definition) is 1. The summed E-state index contributed by atoms with van der Waals surface area (Å²) in [4.78, 5) is 1.89. The number of rotatable bonds is 4. The molecule has 8 heteroatoms. The zero-order chi connectivity index (χ0) is 14.9. The zero-order valence-corrected chi connectivity index (χ0v) is 13.4. The number of sulfone groups is 1. The number of nitrogen functional groups attached to an aromatic ring is 1. The van der Waals surface area contributed by atoms with Crippen molar-refractivity contribution in [3.05, 3.63) is 34.9 Å². The first-order chi connectivity index (χ1) is 9.29. The van der Waals surface area contributed by atoms with Crippen LogP contribution in [0.2, 0.25) is 5.02 Å². The fourth-order valence-electron chi connectivity index (χ4n) is 1.86. The predicted octanol–water partition coefficient (Wildman–Crippen LogP) is 2.42. The summed E-state index contributed by atoms with van der Waals surface area (Å²) >= 11 is 7.01. The summed E-state index contributed by atoms with van der Waals surface area (Å²) in [5.41, 5.74) is 6.63. The Morgan fingerprint density at radius 2 is 2.15 bits per heavy atom. The molecule has 2 aromatic rings. The van der Waals surface area contributed by atoms with Crippen LogP contribution in [0.3, 0.4) is 0 Å². The molecule has 108 valence electrons. The van der Waals surface area contributed by atoms with Gasteiger partial charge in [0.1, 0.15) is 9.90 Å². The lowest BCUT2D eigenvalue weighted by molar-refractivity contribution is 0.602. The van der Waals surface area contributed by atoms with Crippen molar-refractivity contribution in [1.82, 2.24) is 4.37 Å². The summed E-state index contributed by atoms with van der Waals surface area (Å²) in [6, 6.07) is 7.40. The average molecular weight is 332 g/mol. The molecular formula is C12H14ClN3O2S2. The van der Waals surface area contributed by atoms with Crippen molar-refractivity contribution in [2.75, 3.05) is 23.9 Å². The summed E-state index contributed by atoms with van der Waals surface area (Å²) in [5, 5.41) is 1.17. The molecule has 0 spiro atoms. The van der Waals surface area contributed by atoms with Gasteiger partial charge in [0.05, 0.1) is 0 Å². The van der Waals surface area contributed by atoms with Gasteiger partial charge in [0.2, 0.25) is 0 Å². The molecule has 0 aliphatic heterocycles. The molecule has 2 N–H and O–H groups in total. The third-order valence-electron chi connectivity index (χ3n) is 2.68. The monoisotopic (exact) mass is 331 g/mol. The first-order valence-corrected chi connectivity index (χ1v) is 8.74. The summed E-state index contributed by atoms with van der Waals surface area (Å²) in [7, 11) is -1.62. The molecule has 1 aromatic carbocycles. The molecule has 0 saturated carbocycles. The molecule has 5 nitrogen and oxygen atoms in total. The van der Waals surface area contributed by atoms with Crippen LogP contribution in [0.1, 0.15) is 5.56 Å². The molecule has 0 amide bonds. The number of nitrogens with two attached hydrogens (primary N) is 1. The molecular weight excluding hydrogens is 318 g/mol. The van der Waals surface area contributed by atoms with Gasteiger partial charge in [0, 0.05) is 24.9 Å². The average Bonchev–Trinajstić information content (AvgIpc) is 2.71. The van der Waals surface area contributed by atoms with Crippen LogP contribution in [0.5, 0.6) is 0 Å². The predicted molar refractivity (Wildman–Crippen MR) is 83.2 cm³/mol. The second-order valence-corrected chi connectivity index (χ2v) is 7.60. The first kappa shape index (κ1) is 15.1. The van der Waals surface area contributed by atoms with Gasteiger partial charge >= 0.3 is 0 Å². The van der Waals surface area contributed by atoms with Crippen molar-refractivity contribution < 1.29 is 8.42 Å². The topological polar surface area (TPSA) is 76.3 Å². The van der Waals surface area contributed by atoms with E-state index in [4.69, 9.17) is 17.3 Å². The van der Waals surface area contributed by atoms with Crippen molar-refractivity contribution in [1.29, 1.82) is 0 Å². The van der Waals surface area contributed by atoms with Crippen LogP contribution in [0.4, 0.5) is 10.8 Å². The molecule has 20 heavy (non-hydrogen) atoms. The SMILES string of the molecule is CN(Cc1cccc(Cl)c1)c1snc(N)c1S(C)(=O)=O. The van der Waals surface area contributed by atoms with E-state index in [-0.39, 0.29) is 10.7 Å². The van der Waals surface area contributed by atoms with E-state index >= 15 is 0 Å². The van der Waals surface area contributed by atoms with Gasteiger partial charge in [0.15, 0.2) is 15.7 Å². The maximum Gasteiger partial charge on any atom is 0.182 e. The molecule has 0 aliphatic carbocycles. The van der Waals surface area contributed by atoms with Gasteiger partial charge in [-0.05, 0) is 29.2 Å². The molecule has 1 aromatic heterocycles. The van der Waals surface area contributed by atoms with E-state index in [0.717, 1.165) is 23.4 Å². The Hall–Kier alpha value is -1.31. The molecule has 2 rings (SSSR count). The van der Waals surface area contributed by atoms with Crippen LogP contribution < -0.4 is 10.6 Å². The standard InChI is InChI=1S/C12H14ClN3O2S2/c1-16(7-8-4-3-5-9(13)6-8)12-10(20(2,17)18)11(14)15-19-12/h3-6H,7H2,1-2H3,(H2,14,15). The third-order valence-corrected chi connectivity index (χ3v) is 5.17. The fourth-order valence-corrected chi connectivity index (χ4v) is 4.26. The number of benzene rings is 1. The Balaban J connectivity index is 2.33. The Bertz CT molecular complexity index is 728. The van der Waals surface area contributed by atoms with E-state index in [0.29, 0.717) is 16.6 Å². The maximum atomic E-state index is 11.8. The van der Waals surface area contributed by atoms with E-state index in [2.05, 4.69) is 4.37 Å². The third kappa shape index (κ3) is 3.23. The van der Waals surface area contributed by atoms with Crippen molar-refractivity contribution in [3.63, 3.8) is 0 Å². The van der Waals surface area contributed by atoms with Gasteiger partial charge in [0.25, 0.3) is 0 Å². The van der Waals surface area contributed by atoms with E-state index in [1.807, 2.05) is 18.2 Å². The van der Waals surface area contributed by atoms with Gasteiger partial charge in [-0.15, -0.1) is 0 Å². The van der Waals surface area contributed by atoms with Gasteiger partial charge in [-0.1, -0.05) is 23.7 Å². The van der Waals surface area contributed by atoms with Gasteiger partial charge < -0.3 is 10.6 Å². The van der Waals surface area contributed by atoms with Crippen molar-refractivity contribution in [3.8, 4) is 0 Å². The summed E-state index contributed by atoms with van der Waals surface area (Å²) in [5.74, 6) is 0.0467. The van der Waals surface area contributed by atoms with Crippen LogP contribution in [-0.4, -0.2) is 26.1 Å². The highest BCUT2D eigenvalue weighted by Gasteiger charge is 2.23. The maximum absolute atomic E-state index is 11.8. The summed E-state index contributed by atoms with van der Waals surface area (Å²) < 4.78 is 27.5. The first-order valence-electron chi connectivity index (χ1n) is 5.70. The van der Waals surface area contributed by atoms with Crippen LogP contribution >= 0.6 is 23.1 Å². The molecule has 0 atom stereocenters. The molecule has 0 fully saturated rings. The number of nitrogens with zero attached hydrogens (tertiary/aromatic N) is 2. The highest BCUT2D eigenvalue weighted by atomic mass is 35.5. The highest BCUT2D eigenvalue weighted by molar-refractivity contribution is 7.91. The minimum absolute atomic E-state index is 0.0467. The number of hydrogen-bond acceptors (Lipinski definition) is 6. The quantitative estimate of drug-likeness (QED) is 0.931. The molecule has 0 radical (unpaired) electrons. The summed E-state index contributed by atoms with van der Waals surface area (Å²) in [6.45, 7) is 0.519. The van der Waals surface area contributed by atoms with Gasteiger partial charge in [-0.25, -0.2) is 8.42 Å². The van der Waals surface area contributed by atoms with E-state index in [1.165, 1.54) is 0 Å². The Kier molecular flexibility index (Phi) is 4.22. The minimum Gasteiger partial charge on any atom is -0.382 e. The van der Waals surface area contributed by atoms with E-state index in [9.17, 15) is 8.42 Å². The van der Waals surface area contributed by atoms with Crippen molar-refractivity contribution in [2.24, 2.45) is 0 Å². The normalized spacial score (nSPS) is 11.6. The summed E-state index contributed by atoms with van der Waals surface area (Å²) in [6.07, 6.45) is 1.13. The van der Waals surface area contributed by atoms with Gasteiger partial charge in [-0.2, -0.15) is 4.37 Å². The number of halogens is 1. The Morgan fingerprint density at radius 3 is 2.75 bits per heavy atom. The van der Waals surface area contributed by atoms with Crippen LogP contribution in [0.25, 0.3) is 0 Å². The lowest BCUT2D eigenvalue weighted by Gasteiger charge is -2.18. The number of anilines is 2. The highest BCUT2D eigenvalue weighted by Crippen LogP contribution is 2.34. The van der Waals surface area contributed by atoms with Crippen LogP contribution in [0, 0.1) is 0 Å².